The van der Waals surface area contributed by atoms with Crippen molar-refractivity contribution in [2.45, 2.75) is 46.2 Å². The van der Waals surface area contributed by atoms with E-state index in [-0.39, 0.29) is 37.7 Å². The number of halogens is 2. The lowest BCUT2D eigenvalue weighted by Gasteiger charge is -2.29. The number of hydrogen-bond acceptors (Lipinski definition) is 4. The summed E-state index contributed by atoms with van der Waals surface area (Å²) in [6.07, 6.45) is 1.50. The number of likely N-dealkylation sites (N-methyl/N-ethyl adjacent to an activating group) is 1. The highest BCUT2D eigenvalue weighted by Crippen LogP contribution is 2.25. The summed E-state index contributed by atoms with van der Waals surface area (Å²) in [4.78, 5) is 26.9. The molecule has 2 rings (SSSR count). The van der Waals surface area contributed by atoms with E-state index in [0.717, 1.165) is 22.9 Å². The topological polar surface area (TPSA) is 86.8 Å². The van der Waals surface area contributed by atoms with Gasteiger partial charge in [-0.3, -0.25) is 13.9 Å². The zero-order chi connectivity index (χ0) is 25.6. The van der Waals surface area contributed by atoms with Gasteiger partial charge in [0.15, 0.2) is 0 Å². The van der Waals surface area contributed by atoms with Crippen LogP contribution in [0, 0.1) is 13.8 Å². The van der Waals surface area contributed by atoms with Gasteiger partial charge in [0.2, 0.25) is 21.8 Å². The Morgan fingerprint density at radius 2 is 1.71 bits per heavy atom. The Morgan fingerprint density at radius 3 is 2.26 bits per heavy atom. The highest BCUT2D eigenvalue weighted by molar-refractivity contribution is 7.92. The molecule has 0 bridgehead atoms. The lowest BCUT2D eigenvalue weighted by molar-refractivity contribution is -0.140. The molecule has 1 N–H and O–H groups in total. The summed E-state index contributed by atoms with van der Waals surface area (Å²) in [5, 5.41) is 3.32. The van der Waals surface area contributed by atoms with Crippen LogP contribution in [0.2, 0.25) is 10.0 Å². The van der Waals surface area contributed by atoms with E-state index >= 15 is 0 Å². The summed E-state index contributed by atoms with van der Waals surface area (Å²) in [5.41, 5.74) is 3.33. The molecule has 0 radical (unpaired) electrons. The number of aryl methyl sites for hydroxylation is 2. The molecule has 2 amide bonds. The maximum atomic E-state index is 13.1. The van der Waals surface area contributed by atoms with Crippen LogP contribution in [0.25, 0.3) is 0 Å². The van der Waals surface area contributed by atoms with Crippen molar-refractivity contribution in [3.8, 4) is 0 Å². The lowest BCUT2D eigenvalue weighted by atomic mass is 10.1. The minimum atomic E-state index is -3.54. The second kappa shape index (κ2) is 11.9. The number of nitrogens with one attached hydrogen (secondary N) is 1. The SMILES string of the molecule is CNC(=O)[C@H](C)N(Cc1ccc(Cl)c(Cl)c1)C(=O)CCCN(c1ccc(C)c(C)c1)S(C)(=O)=O. The average Bonchev–Trinajstić information content (AvgIpc) is 2.77. The molecule has 2 aromatic rings. The van der Waals surface area contributed by atoms with Crippen LogP contribution < -0.4 is 9.62 Å². The molecule has 0 fully saturated rings. The zero-order valence-corrected chi connectivity index (χ0v) is 22.4. The van der Waals surface area contributed by atoms with E-state index in [9.17, 15) is 18.0 Å². The second-order valence-corrected chi connectivity index (χ2v) is 11.0. The molecule has 0 saturated heterocycles. The van der Waals surface area contributed by atoms with E-state index in [4.69, 9.17) is 23.2 Å². The molecule has 1 atom stereocenters. The molecular formula is C24H31Cl2N3O4S. The highest BCUT2D eigenvalue weighted by Gasteiger charge is 2.26. The zero-order valence-electron chi connectivity index (χ0n) is 20.1. The Kier molecular flexibility index (Phi) is 9.79. The minimum Gasteiger partial charge on any atom is -0.357 e. The molecule has 0 aliphatic carbocycles. The minimum absolute atomic E-state index is 0.0690. The first kappa shape index (κ1) is 28.0. The summed E-state index contributed by atoms with van der Waals surface area (Å²) in [5.74, 6) is -0.572. The Labute approximate surface area is 212 Å². The van der Waals surface area contributed by atoms with E-state index in [1.807, 2.05) is 26.0 Å². The Balaban J connectivity index is 2.18. The van der Waals surface area contributed by atoms with Crippen molar-refractivity contribution in [3.05, 3.63) is 63.1 Å². The van der Waals surface area contributed by atoms with E-state index in [1.165, 1.54) is 16.3 Å². The number of rotatable bonds is 10. The molecule has 0 saturated carbocycles. The molecule has 0 aliphatic rings. The fourth-order valence-corrected chi connectivity index (χ4v) is 4.79. The van der Waals surface area contributed by atoms with Crippen LogP contribution in [0.4, 0.5) is 5.69 Å². The van der Waals surface area contributed by atoms with E-state index in [2.05, 4.69) is 5.32 Å². The quantitative estimate of drug-likeness (QED) is 0.498. The number of nitrogens with zero attached hydrogens (tertiary/aromatic N) is 2. The second-order valence-electron chi connectivity index (χ2n) is 8.27. The molecule has 0 spiro atoms. The summed E-state index contributed by atoms with van der Waals surface area (Å²) < 4.78 is 26.2. The Morgan fingerprint density at radius 1 is 1.03 bits per heavy atom. The maximum Gasteiger partial charge on any atom is 0.242 e. The molecule has 186 valence electrons. The van der Waals surface area contributed by atoms with Gasteiger partial charge in [-0.15, -0.1) is 0 Å². The van der Waals surface area contributed by atoms with Gasteiger partial charge in [0.1, 0.15) is 6.04 Å². The molecule has 0 aliphatic heterocycles. The first-order valence-corrected chi connectivity index (χ1v) is 13.5. The lowest BCUT2D eigenvalue weighted by Crippen LogP contribution is -2.46. The Hall–Kier alpha value is -2.29. The van der Waals surface area contributed by atoms with Gasteiger partial charge in [-0.2, -0.15) is 0 Å². The smallest absolute Gasteiger partial charge is 0.242 e. The van der Waals surface area contributed by atoms with Gasteiger partial charge in [-0.05, 0) is 68.1 Å². The summed E-state index contributed by atoms with van der Waals surface area (Å²) in [6, 6.07) is 9.77. The summed E-state index contributed by atoms with van der Waals surface area (Å²) in [6.45, 7) is 5.83. The predicted octanol–water partition coefficient (Wildman–Crippen LogP) is 4.32. The van der Waals surface area contributed by atoms with E-state index in [1.54, 1.807) is 31.2 Å². The van der Waals surface area contributed by atoms with Crippen LogP contribution in [0.1, 0.15) is 36.5 Å². The Bertz CT molecular complexity index is 1150. The first-order chi connectivity index (χ1) is 15.8. The fourth-order valence-electron chi connectivity index (χ4n) is 3.51. The normalized spacial score (nSPS) is 12.2. The van der Waals surface area contributed by atoms with Crippen molar-refractivity contribution in [2.75, 3.05) is 24.2 Å². The van der Waals surface area contributed by atoms with Crippen LogP contribution in [0.3, 0.4) is 0 Å². The molecule has 0 unspecified atom stereocenters. The highest BCUT2D eigenvalue weighted by atomic mass is 35.5. The van der Waals surface area contributed by atoms with Gasteiger partial charge in [0.25, 0.3) is 0 Å². The standard InChI is InChI=1S/C24H31Cl2N3O4S/c1-16-8-10-20(13-17(16)2)29(34(5,32)33)12-6-7-23(30)28(18(3)24(31)27-4)15-19-9-11-21(25)22(26)14-19/h8-11,13-14,18H,6-7,12,15H2,1-5H3,(H,27,31)/t18-/m0/s1. The van der Waals surface area contributed by atoms with Crippen molar-refractivity contribution in [1.82, 2.24) is 10.2 Å². The first-order valence-electron chi connectivity index (χ1n) is 10.8. The van der Waals surface area contributed by atoms with Crippen LogP contribution in [0.15, 0.2) is 36.4 Å². The number of amides is 2. The number of hydrogen-bond donors (Lipinski definition) is 1. The monoisotopic (exact) mass is 527 g/mol. The van der Waals surface area contributed by atoms with Gasteiger partial charge >= 0.3 is 0 Å². The van der Waals surface area contributed by atoms with Gasteiger partial charge in [-0.25, -0.2) is 8.42 Å². The van der Waals surface area contributed by atoms with E-state index in [0.29, 0.717) is 15.7 Å². The molecule has 34 heavy (non-hydrogen) atoms. The van der Waals surface area contributed by atoms with Crippen LogP contribution >= 0.6 is 23.2 Å². The molecule has 2 aromatic carbocycles. The van der Waals surface area contributed by atoms with Crippen molar-refractivity contribution in [3.63, 3.8) is 0 Å². The third kappa shape index (κ3) is 7.35. The van der Waals surface area contributed by atoms with Gasteiger partial charge in [0, 0.05) is 26.6 Å². The molecule has 0 aromatic heterocycles. The van der Waals surface area contributed by atoms with Gasteiger partial charge < -0.3 is 10.2 Å². The van der Waals surface area contributed by atoms with E-state index < -0.39 is 16.1 Å². The summed E-state index contributed by atoms with van der Waals surface area (Å²) in [7, 11) is -2.03. The summed E-state index contributed by atoms with van der Waals surface area (Å²) >= 11 is 12.1. The number of carbonyl (C=O) groups excluding carboxylic acids is 2. The van der Waals surface area contributed by atoms with Crippen LogP contribution in [-0.4, -0.2) is 51.0 Å². The van der Waals surface area contributed by atoms with Gasteiger partial charge in [0.05, 0.1) is 22.0 Å². The van der Waals surface area contributed by atoms with Crippen molar-refractivity contribution >= 4 is 50.7 Å². The average molecular weight is 529 g/mol. The number of sulfonamides is 1. The number of benzene rings is 2. The van der Waals surface area contributed by atoms with Gasteiger partial charge in [-0.1, -0.05) is 35.3 Å². The van der Waals surface area contributed by atoms with Crippen molar-refractivity contribution in [2.24, 2.45) is 0 Å². The van der Waals surface area contributed by atoms with Crippen LogP contribution in [-0.2, 0) is 26.2 Å². The van der Waals surface area contributed by atoms with Crippen molar-refractivity contribution in [1.29, 1.82) is 0 Å². The molecule has 10 heteroatoms. The predicted molar refractivity (Wildman–Crippen MR) is 138 cm³/mol. The number of anilines is 1. The van der Waals surface area contributed by atoms with Crippen LogP contribution in [0.5, 0.6) is 0 Å². The van der Waals surface area contributed by atoms with Crippen molar-refractivity contribution < 1.29 is 18.0 Å². The maximum absolute atomic E-state index is 13.1. The largest absolute Gasteiger partial charge is 0.357 e. The fraction of sp³-hybridized carbons (Fsp3) is 0.417. The molecule has 0 heterocycles. The molecule has 7 nitrogen and oxygen atoms in total. The third-order valence-electron chi connectivity index (χ3n) is 5.68. The molecular weight excluding hydrogens is 497 g/mol. The third-order valence-corrected chi connectivity index (χ3v) is 7.61. The number of carbonyl (C=O) groups is 2.